The summed E-state index contributed by atoms with van der Waals surface area (Å²) in [7, 11) is -3.52. The molecule has 5 atom stereocenters. The molecule has 3 amide bonds. The maximum Gasteiger partial charge on any atom is 0.264 e. The maximum atomic E-state index is 16.6. The molecule has 0 aliphatic carbocycles. The van der Waals surface area contributed by atoms with Gasteiger partial charge in [0.1, 0.15) is 0 Å². The van der Waals surface area contributed by atoms with Crippen LogP contribution in [-0.4, -0.2) is 68.0 Å². The Morgan fingerprint density at radius 1 is 1.10 bits per heavy atom. The number of allylic oxidation sites excluding steroid dienone is 3. The SMILES string of the molecule is CC(C)=CCC/C(C)=C/CN1C(=O)[C@@]2(O[C@@H](CC(=O)N3Cc4ccccc4C[C@H]3CO)[C@H]([Si](C)(C)F)[C@H]2C)c2cc(N3CCCC3=O)ccc21. The van der Waals surface area contributed by atoms with Crippen molar-refractivity contribution in [2.24, 2.45) is 5.92 Å². The standard InChI is InChI=1S/C40H52FN3O5Si/c1-26(2)11-9-12-27(3)18-20-43-34-17-16-31(42-19-10-15-36(42)46)22-33(34)40(39(43)48)28(4)38(50(5,6)41)35(49-40)23-37(47)44-24-30-14-8-7-13-29(30)21-32(44)25-45/h7-8,11,13-14,16-18,22,28,32,35,38,45H,9-10,12,15,19-21,23-25H2,1-6H3/b27-18+/t28-,32+,35+,38-,40+/m1/s1. The highest BCUT2D eigenvalue weighted by Crippen LogP contribution is 2.60. The number of aliphatic hydroxyl groups excluding tert-OH is 1. The Morgan fingerprint density at radius 2 is 1.84 bits per heavy atom. The molecule has 50 heavy (non-hydrogen) atoms. The third-order valence-corrected chi connectivity index (χ3v) is 13.8. The zero-order valence-corrected chi connectivity index (χ0v) is 31.4. The Labute approximate surface area is 297 Å². The lowest BCUT2D eigenvalue weighted by atomic mass is 9.82. The molecule has 1 spiro atoms. The van der Waals surface area contributed by atoms with Crippen LogP contribution in [0.1, 0.15) is 76.5 Å². The van der Waals surface area contributed by atoms with Crippen LogP contribution in [0.3, 0.4) is 0 Å². The molecular formula is C40H52FN3O5Si. The van der Waals surface area contributed by atoms with Gasteiger partial charge in [-0.05, 0) is 88.9 Å². The second kappa shape index (κ2) is 14.2. The first-order valence-electron chi connectivity index (χ1n) is 18.2. The van der Waals surface area contributed by atoms with Gasteiger partial charge in [-0.25, -0.2) is 0 Å². The van der Waals surface area contributed by atoms with Gasteiger partial charge in [0.05, 0.1) is 30.9 Å². The van der Waals surface area contributed by atoms with E-state index in [1.807, 2.05) is 49.4 Å². The number of carbonyl (C=O) groups is 3. The van der Waals surface area contributed by atoms with Crippen LogP contribution in [0, 0.1) is 5.92 Å². The average molecular weight is 702 g/mol. The summed E-state index contributed by atoms with van der Waals surface area (Å²) in [5.41, 5.74) is 4.46. The van der Waals surface area contributed by atoms with Gasteiger partial charge in [-0.2, -0.15) is 0 Å². The molecule has 0 aromatic heterocycles. The number of hydrogen-bond donors (Lipinski definition) is 1. The van der Waals surface area contributed by atoms with Crippen LogP contribution in [0.4, 0.5) is 15.5 Å². The number of amides is 3. The van der Waals surface area contributed by atoms with Gasteiger partial charge in [0.25, 0.3) is 5.91 Å². The number of ether oxygens (including phenoxy) is 1. The summed E-state index contributed by atoms with van der Waals surface area (Å²) in [5, 5.41) is 10.3. The van der Waals surface area contributed by atoms with Crippen molar-refractivity contribution in [2.75, 3.05) is 29.5 Å². The number of anilines is 2. The Hall–Kier alpha value is -3.60. The van der Waals surface area contributed by atoms with E-state index >= 15 is 4.11 Å². The Balaban J connectivity index is 1.36. The first-order chi connectivity index (χ1) is 23.8. The molecule has 2 aromatic rings. The Bertz CT molecular complexity index is 1710. The van der Waals surface area contributed by atoms with Gasteiger partial charge < -0.3 is 28.7 Å². The maximum absolute atomic E-state index is 16.6. The first-order valence-corrected chi connectivity index (χ1v) is 21.1. The highest BCUT2D eigenvalue weighted by molar-refractivity contribution is 6.72. The molecule has 4 aliphatic heterocycles. The van der Waals surface area contributed by atoms with Gasteiger partial charge in [-0.15, -0.1) is 0 Å². The lowest BCUT2D eigenvalue weighted by molar-refractivity contribution is -0.150. The fraction of sp³-hybridized carbons (Fsp3) is 0.525. The number of carbonyl (C=O) groups excluding carboxylic acids is 3. The summed E-state index contributed by atoms with van der Waals surface area (Å²) in [4.78, 5) is 47.1. The molecule has 0 bridgehead atoms. The molecule has 0 radical (unpaired) electrons. The lowest BCUT2D eigenvalue weighted by Crippen LogP contribution is -2.48. The molecule has 4 heterocycles. The van der Waals surface area contributed by atoms with Crippen molar-refractivity contribution < 1.29 is 28.3 Å². The highest BCUT2D eigenvalue weighted by Gasteiger charge is 2.67. The summed E-state index contributed by atoms with van der Waals surface area (Å²) >= 11 is 0. The summed E-state index contributed by atoms with van der Waals surface area (Å²) < 4.78 is 23.5. The van der Waals surface area contributed by atoms with E-state index in [1.165, 1.54) is 5.57 Å². The van der Waals surface area contributed by atoms with E-state index in [9.17, 15) is 19.5 Å². The molecule has 10 heteroatoms. The molecular weight excluding hydrogens is 650 g/mol. The number of rotatable bonds is 10. The Kier molecular flexibility index (Phi) is 10.3. The van der Waals surface area contributed by atoms with Gasteiger partial charge in [0.15, 0.2) is 5.60 Å². The zero-order valence-electron chi connectivity index (χ0n) is 30.4. The van der Waals surface area contributed by atoms with Gasteiger partial charge in [-0.1, -0.05) is 54.5 Å². The van der Waals surface area contributed by atoms with Gasteiger partial charge in [0, 0.05) is 48.8 Å². The average Bonchev–Trinajstić information content (AvgIpc) is 3.70. The van der Waals surface area contributed by atoms with Crippen LogP contribution in [0.15, 0.2) is 65.8 Å². The van der Waals surface area contributed by atoms with Crippen LogP contribution < -0.4 is 9.80 Å². The largest absolute Gasteiger partial charge is 0.394 e. The number of fused-ring (bicyclic) bond motifs is 3. The van der Waals surface area contributed by atoms with E-state index < -0.39 is 37.6 Å². The molecule has 2 fully saturated rings. The summed E-state index contributed by atoms with van der Waals surface area (Å²) in [5.74, 6) is -0.997. The van der Waals surface area contributed by atoms with Crippen LogP contribution in [-0.2, 0) is 37.7 Å². The molecule has 4 aliphatic rings. The molecule has 1 N–H and O–H groups in total. The van der Waals surface area contributed by atoms with Gasteiger partial charge >= 0.3 is 0 Å². The van der Waals surface area contributed by atoms with E-state index in [1.54, 1.807) is 27.8 Å². The number of aliphatic hydroxyl groups is 1. The third-order valence-electron chi connectivity index (χ3n) is 11.3. The van der Waals surface area contributed by atoms with Gasteiger partial charge in [0.2, 0.25) is 20.2 Å². The van der Waals surface area contributed by atoms with Crippen molar-refractivity contribution in [1.82, 2.24) is 4.90 Å². The van der Waals surface area contributed by atoms with E-state index in [2.05, 4.69) is 32.9 Å². The number of hydrogen-bond acceptors (Lipinski definition) is 5. The predicted octanol–water partition coefficient (Wildman–Crippen LogP) is 6.96. The number of benzene rings is 2. The monoisotopic (exact) mass is 701 g/mol. The molecule has 0 unspecified atom stereocenters. The van der Waals surface area contributed by atoms with Crippen LogP contribution in [0.25, 0.3) is 0 Å². The Morgan fingerprint density at radius 3 is 2.50 bits per heavy atom. The molecule has 268 valence electrons. The second-order valence-electron chi connectivity index (χ2n) is 15.4. The topological polar surface area (TPSA) is 90.4 Å². The highest BCUT2D eigenvalue weighted by atomic mass is 28.4. The van der Waals surface area contributed by atoms with Crippen LogP contribution in [0.2, 0.25) is 18.6 Å². The van der Waals surface area contributed by atoms with Crippen LogP contribution >= 0.6 is 0 Å². The van der Waals surface area contributed by atoms with Crippen molar-refractivity contribution in [3.05, 3.63) is 82.5 Å². The van der Waals surface area contributed by atoms with Crippen molar-refractivity contribution in [2.45, 2.75) is 109 Å². The van der Waals surface area contributed by atoms with Crippen LogP contribution in [0.5, 0.6) is 0 Å². The fourth-order valence-electron chi connectivity index (χ4n) is 8.78. The summed E-state index contributed by atoms with van der Waals surface area (Å²) in [6.07, 6.45) is 6.91. The fourth-order valence-corrected chi connectivity index (χ4v) is 11.3. The molecule has 2 aromatic carbocycles. The minimum Gasteiger partial charge on any atom is -0.394 e. The van der Waals surface area contributed by atoms with E-state index in [-0.39, 0.29) is 30.7 Å². The van der Waals surface area contributed by atoms with E-state index in [0.717, 1.165) is 36.0 Å². The zero-order chi connectivity index (χ0) is 36.0. The molecule has 6 rings (SSSR count). The number of halogens is 1. The van der Waals surface area contributed by atoms with E-state index in [4.69, 9.17) is 4.74 Å². The third kappa shape index (κ3) is 6.62. The van der Waals surface area contributed by atoms with Crippen molar-refractivity contribution in [3.63, 3.8) is 0 Å². The smallest absolute Gasteiger partial charge is 0.264 e. The van der Waals surface area contributed by atoms with Crippen molar-refractivity contribution >= 4 is 37.5 Å². The predicted molar refractivity (Wildman–Crippen MR) is 197 cm³/mol. The molecule has 8 nitrogen and oxygen atoms in total. The van der Waals surface area contributed by atoms with Crippen molar-refractivity contribution in [3.8, 4) is 0 Å². The normalized spacial score (nSPS) is 26.6. The quantitative estimate of drug-likeness (QED) is 0.164. The lowest BCUT2D eigenvalue weighted by Gasteiger charge is -2.37. The van der Waals surface area contributed by atoms with Crippen molar-refractivity contribution in [1.29, 1.82) is 0 Å². The summed E-state index contributed by atoms with van der Waals surface area (Å²) in [6, 6.07) is 13.2. The summed E-state index contributed by atoms with van der Waals surface area (Å²) in [6.45, 7) is 12.5. The molecule has 2 saturated heterocycles. The molecule has 0 saturated carbocycles. The van der Waals surface area contributed by atoms with E-state index in [0.29, 0.717) is 49.4 Å². The van der Waals surface area contributed by atoms with Gasteiger partial charge in [-0.3, -0.25) is 14.4 Å². The number of nitrogens with zero attached hydrogens (tertiary/aromatic N) is 3. The first kappa shape index (κ1) is 36.2. The second-order valence-corrected chi connectivity index (χ2v) is 19.2. The minimum atomic E-state index is -3.52. The minimum absolute atomic E-state index is 0.0377.